The van der Waals surface area contributed by atoms with Crippen LogP contribution < -0.4 is 11.1 Å². The van der Waals surface area contributed by atoms with Crippen LogP contribution in [0.1, 0.15) is 32.6 Å². The van der Waals surface area contributed by atoms with E-state index in [1.165, 1.54) is 35.9 Å². The molecule has 1 aliphatic carbocycles. The van der Waals surface area contributed by atoms with Gasteiger partial charge in [0.1, 0.15) is 4.83 Å². The monoisotopic (exact) mass is 402 g/mol. The molecule has 0 bridgehead atoms. The molecule has 0 aliphatic heterocycles. The second-order valence-corrected chi connectivity index (χ2v) is 8.53. The van der Waals surface area contributed by atoms with Gasteiger partial charge in [0, 0.05) is 24.2 Å². The normalized spacial score (nSPS) is 14.9. The molecule has 1 amide bonds. The molecule has 3 aromatic rings. The highest BCUT2D eigenvalue weighted by Crippen LogP contribution is 2.39. The van der Waals surface area contributed by atoms with Crippen LogP contribution in [-0.4, -0.2) is 37.5 Å². The fraction of sp³-hybridized carbons (Fsp3) is 0.444. The van der Waals surface area contributed by atoms with Gasteiger partial charge in [-0.25, -0.2) is 4.98 Å². The van der Waals surface area contributed by atoms with E-state index >= 15 is 0 Å². The molecule has 4 rings (SSSR count). The highest BCUT2D eigenvalue weighted by Gasteiger charge is 2.21. The average molecular weight is 403 g/mol. The lowest BCUT2D eigenvalue weighted by Crippen LogP contribution is -2.33. The van der Waals surface area contributed by atoms with Gasteiger partial charge in [0.15, 0.2) is 11.0 Å². The largest absolute Gasteiger partial charge is 0.397 e. The van der Waals surface area contributed by atoms with Gasteiger partial charge >= 0.3 is 0 Å². The van der Waals surface area contributed by atoms with E-state index in [0.29, 0.717) is 24.0 Å². The maximum absolute atomic E-state index is 12.2. The third kappa shape index (κ3) is 3.66. The summed E-state index contributed by atoms with van der Waals surface area (Å²) in [6.07, 6.45) is 6.35. The second-order valence-electron chi connectivity index (χ2n) is 6.59. The fourth-order valence-electron chi connectivity index (χ4n) is 3.44. The van der Waals surface area contributed by atoms with E-state index in [2.05, 4.69) is 20.5 Å². The maximum Gasteiger partial charge on any atom is 0.230 e. The Bertz CT molecular complexity index is 960. The molecule has 27 heavy (non-hydrogen) atoms. The summed E-state index contributed by atoms with van der Waals surface area (Å²) in [6, 6.07) is 4.18. The van der Waals surface area contributed by atoms with E-state index in [0.717, 1.165) is 38.9 Å². The first kappa shape index (κ1) is 18.2. The molecule has 1 saturated carbocycles. The second kappa shape index (κ2) is 7.85. The molecule has 1 aliphatic rings. The number of hydrogen-bond acceptors (Lipinski definition) is 7. The summed E-state index contributed by atoms with van der Waals surface area (Å²) in [5.41, 5.74) is 7.02. The van der Waals surface area contributed by atoms with Gasteiger partial charge < -0.3 is 15.6 Å². The highest BCUT2D eigenvalue weighted by atomic mass is 32.2. The number of hydrogen-bond donors (Lipinski definition) is 2. The van der Waals surface area contributed by atoms with E-state index in [1.54, 1.807) is 6.20 Å². The third-order valence-electron chi connectivity index (χ3n) is 4.79. The lowest BCUT2D eigenvalue weighted by Gasteiger charge is -2.11. The first-order chi connectivity index (χ1) is 13.2. The number of carbonyl (C=O) groups excluding carboxylic acids is 1. The van der Waals surface area contributed by atoms with Crippen molar-refractivity contribution in [1.82, 2.24) is 25.1 Å². The molecule has 0 unspecified atom stereocenters. The average Bonchev–Trinajstić information content (AvgIpc) is 3.39. The van der Waals surface area contributed by atoms with Crippen molar-refractivity contribution in [2.75, 3.05) is 11.5 Å². The zero-order valence-corrected chi connectivity index (χ0v) is 16.8. The van der Waals surface area contributed by atoms with Crippen LogP contribution in [0.15, 0.2) is 23.5 Å². The summed E-state index contributed by atoms with van der Waals surface area (Å²) in [6.45, 7) is 2.74. The Labute approximate surface area is 165 Å². The summed E-state index contributed by atoms with van der Waals surface area (Å²) >= 11 is 2.93. The molecular formula is C18H22N6OS2. The van der Waals surface area contributed by atoms with Gasteiger partial charge in [0.25, 0.3) is 0 Å². The maximum atomic E-state index is 12.2. The summed E-state index contributed by atoms with van der Waals surface area (Å²) in [4.78, 5) is 18.4. The molecule has 0 spiro atoms. The Morgan fingerprint density at radius 2 is 2.22 bits per heavy atom. The number of nitrogens with one attached hydrogen (secondary N) is 1. The van der Waals surface area contributed by atoms with Gasteiger partial charge in [0.05, 0.1) is 16.3 Å². The molecule has 9 heteroatoms. The number of carbonyl (C=O) groups is 1. The Hall–Kier alpha value is -2.13. The Morgan fingerprint density at radius 1 is 1.41 bits per heavy atom. The van der Waals surface area contributed by atoms with Crippen molar-refractivity contribution in [1.29, 1.82) is 0 Å². The zero-order valence-electron chi connectivity index (χ0n) is 15.1. The van der Waals surface area contributed by atoms with Gasteiger partial charge in [-0.15, -0.1) is 21.5 Å². The topological polar surface area (TPSA) is 98.7 Å². The van der Waals surface area contributed by atoms with Gasteiger partial charge in [-0.1, -0.05) is 24.6 Å². The first-order valence-electron chi connectivity index (χ1n) is 9.16. The molecule has 3 N–H and O–H groups in total. The Morgan fingerprint density at radius 3 is 2.96 bits per heavy atom. The molecule has 3 heterocycles. The minimum atomic E-state index is 0.0599. The predicted octanol–water partition coefficient (Wildman–Crippen LogP) is 3.31. The molecule has 0 radical (unpaired) electrons. The van der Waals surface area contributed by atoms with Crippen LogP contribution >= 0.6 is 23.1 Å². The van der Waals surface area contributed by atoms with E-state index in [-0.39, 0.29) is 5.91 Å². The molecule has 0 saturated heterocycles. The summed E-state index contributed by atoms with van der Waals surface area (Å²) in [5, 5.41) is 13.4. The van der Waals surface area contributed by atoms with Crippen LogP contribution in [0.5, 0.6) is 0 Å². The van der Waals surface area contributed by atoms with Crippen molar-refractivity contribution in [2.24, 2.45) is 0 Å². The van der Waals surface area contributed by atoms with Crippen molar-refractivity contribution < 1.29 is 4.79 Å². The fourth-order valence-corrected chi connectivity index (χ4v) is 5.31. The van der Waals surface area contributed by atoms with E-state index in [9.17, 15) is 4.79 Å². The van der Waals surface area contributed by atoms with Crippen LogP contribution in [0.2, 0.25) is 0 Å². The van der Waals surface area contributed by atoms with E-state index < -0.39 is 0 Å². The number of nitrogen functional groups attached to an aromatic ring is 1. The van der Waals surface area contributed by atoms with Crippen LogP contribution in [0.25, 0.3) is 20.9 Å². The van der Waals surface area contributed by atoms with Crippen molar-refractivity contribution in [3.8, 4) is 10.7 Å². The van der Waals surface area contributed by atoms with Gasteiger partial charge in [-0.3, -0.25) is 4.79 Å². The van der Waals surface area contributed by atoms with Crippen molar-refractivity contribution in [3.63, 3.8) is 0 Å². The number of rotatable bonds is 6. The summed E-state index contributed by atoms with van der Waals surface area (Å²) in [5.74, 6) is 1.14. The molecule has 0 aromatic carbocycles. The lowest BCUT2D eigenvalue weighted by atomic mass is 10.2. The number of thioether (sulfide) groups is 1. The number of pyridine rings is 1. The number of nitrogens with two attached hydrogens (primary N) is 1. The van der Waals surface area contributed by atoms with Crippen LogP contribution in [0, 0.1) is 0 Å². The predicted molar refractivity (Wildman–Crippen MR) is 110 cm³/mol. The van der Waals surface area contributed by atoms with Crippen LogP contribution in [0.4, 0.5) is 5.69 Å². The Kier molecular flexibility index (Phi) is 5.31. The van der Waals surface area contributed by atoms with Crippen molar-refractivity contribution in [3.05, 3.63) is 18.3 Å². The van der Waals surface area contributed by atoms with Crippen LogP contribution in [-0.2, 0) is 11.3 Å². The van der Waals surface area contributed by atoms with Gasteiger partial charge in [-0.05, 0) is 31.9 Å². The number of amides is 1. The molecular weight excluding hydrogens is 380 g/mol. The van der Waals surface area contributed by atoms with E-state index in [1.807, 2.05) is 23.6 Å². The number of anilines is 1. The number of aromatic nitrogens is 4. The van der Waals surface area contributed by atoms with Crippen molar-refractivity contribution >= 4 is 44.9 Å². The van der Waals surface area contributed by atoms with Gasteiger partial charge in [0.2, 0.25) is 5.91 Å². The summed E-state index contributed by atoms with van der Waals surface area (Å²) in [7, 11) is 0. The zero-order chi connectivity index (χ0) is 18.8. The van der Waals surface area contributed by atoms with Crippen molar-refractivity contribution in [2.45, 2.75) is 50.4 Å². The molecule has 7 nitrogen and oxygen atoms in total. The minimum Gasteiger partial charge on any atom is -0.397 e. The molecule has 1 fully saturated rings. The smallest absolute Gasteiger partial charge is 0.230 e. The lowest BCUT2D eigenvalue weighted by molar-refractivity contribution is -0.119. The summed E-state index contributed by atoms with van der Waals surface area (Å²) < 4.78 is 2.01. The van der Waals surface area contributed by atoms with Crippen LogP contribution in [0.3, 0.4) is 0 Å². The Balaban J connectivity index is 1.53. The standard InChI is InChI=1S/C18H22N6OS2/c1-2-24-16(15-14(19)12-8-5-9-20-17(12)27-15)22-23-18(24)26-10-13(25)21-11-6-3-4-7-11/h5,8-9,11H,2-4,6-7,10,19H2,1H3,(H,21,25). The quantitative estimate of drug-likeness (QED) is 0.614. The minimum absolute atomic E-state index is 0.0599. The van der Waals surface area contributed by atoms with Gasteiger partial charge in [-0.2, -0.15) is 0 Å². The van der Waals surface area contributed by atoms with E-state index in [4.69, 9.17) is 5.73 Å². The first-order valence-corrected chi connectivity index (χ1v) is 11.0. The highest BCUT2D eigenvalue weighted by molar-refractivity contribution is 7.99. The number of fused-ring (bicyclic) bond motifs is 1. The number of nitrogens with zero attached hydrogens (tertiary/aromatic N) is 4. The SMILES string of the molecule is CCn1c(SCC(=O)NC2CCCC2)nnc1-c1sc2ncccc2c1N. The molecule has 0 atom stereocenters. The third-order valence-corrected chi connectivity index (χ3v) is 6.89. The number of thiophene rings is 1. The molecule has 3 aromatic heterocycles. The molecule has 142 valence electrons.